The van der Waals surface area contributed by atoms with Crippen LogP contribution in [0.25, 0.3) is 11.0 Å². The van der Waals surface area contributed by atoms with Gasteiger partial charge >= 0.3 is 5.97 Å². The van der Waals surface area contributed by atoms with Crippen LogP contribution in [0.3, 0.4) is 0 Å². The molecule has 0 radical (unpaired) electrons. The molecule has 19 heavy (non-hydrogen) atoms. The molecular formula is C14H19N3O2. The van der Waals surface area contributed by atoms with E-state index in [4.69, 9.17) is 10.5 Å². The first-order chi connectivity index (χ1) is 9.11. The Morgan fingerprint density at radius 2 is 2.26 bits per heavy atom. The van der Waals surface area contributed by atoms with Crippen molar-refractivity contribution in [3.05, 3.63) is 24.0 Å². The first kappa shape index (κ1) is 13.4. The van der Waals surface area contributed by atoms with Gasteiger partial charge in [0, 0.05) is 18.7 Å². The van der Waals surface area contributed by atoms with E-state index in [1.54, 1.807) is 0 Å². The number of imidazole rings is 1. The third-order valence-corrected chi connectivity index (χ3v) is 3.03. The number of nitrogens with zero attached hydrogens (tertiary/aromatic N) is 2. The fourth-order valence-corrected chi connectivity index (χ4v) is 2.16. The molecular weight excluding hydrogens is 242 g/mol. The number of aryl methyl sites for hydroxylation is 2. The Morgan fingerprint density at radius 3 is 3.00 bits per heavy atom. The van der Waals surface area contributed by atoms with Crippen molar-refractivity contribution < 1.29 is 9.53 Å². The Bertz CT molecular complexity index is 590. The number of esters is 1. The second-order valence-corrected chi connectivity index (χ2v) is 4.47. The summed E-state index contributed by atoms with van der Waals surface area (Å²) in [6, 6.07) is 5.70. The van der Waals surface area contributed by atoms with Gasteiger partial charge < -0.3 is 15.0 Å². The third-order valence-electron chi connectivity index (χ3n) is 3.03. The van der Waals surface area contributed by atoms with Crippen LogP contribution in [0.15, 0.2) is 18.2 Å². The highest BCUT2D eigenvalue weighted by Gasteiger charge is 2.08. The van der Waals surface area contributed by atoms with Crippen LogP contribution < -0.4 is 5.73 Å². The number of hydrogen-bond donors (Lipinski definition) is 1. The lowest BCUT2D eigenvalue weighted by Gasteiger charge is -2.06. The maximum atomic E-state index is 11.3. The standard InChI is InChI=1S/C14H19N3O2/c1-3-19-14(18)5-4-8-17-10(2)16-12-9-11(15)6-7-13(12)17/h6-7,9H,3-5,8,15H2,1-2H3. The highest BCUT2D eigenvalue weighted by Crippen LogP contribution is 2.19. The average molecular weight is 261 g/mol. The van der Waals surface area contributed by atoms with E-state index in [-0.39, 0.29) is 5.97 Å². The minimum atomic E-state index is -0.145. The quantitative estimate of drug-likeness (QED) is 0.662. The predicted octanol–water partition coefficient (Wildman–Crippen LogP) is 2.27. The summed E-state index contributed by atoms with van der Waals surface area (Å²) in [7, 11) is 0. The van der Waals surface area contributed by atoms with E-state index >= 15 is 0 Å². The van der Waals surface area contributed by atoms with Gasteiger partial charge in [-0.15, -0.1) is 0 Å². The number of benzene rings is 1. The number of nitrogens with two attached hydrogens (primary N) is 1. The molecule has 0 aliphatic rings. The van der Waals surface area contributed by atoms with Crippen LogP contribution in [0.2, 0.25) is 0 Å². The molecule has 0 amide bonds. The number of rotatable bonds is 5. The second-order valence-electron chi connectivity index (χ2n) is 4.47. The lowest BCUT2D eigenvalue weighted by atomic mass is 10.2. The zero-order valence-electron chi connectivity index (χ0n) is 11.3. The van der Waals surface area contributed by atoms with Gasteiger partial charge in [-0.25, -0.2) is 4.98 Å². The lowest BCUT2D eigenvalue weighted by molar-refractivity contribution is -0.143. The third kappa shape index (κ3) is 3.05. The van der Waals surface area contributed by atoms with E-state index in [1.165, 1.54) is 0 Å². The van der Waals surface area contributed by atoms with E-state index < -0.39 is 0 Å². The largest absolute Gasteiger partial charge is 0.466 e. The van der Waals surface area contributed by atoms with Gasteiger partial charge in [-0.2, -0.15) is 0 Å². The van der Waals surface area contributed by atoms with Gasteiger partial charge in [0.2, 0.25) is 0 Å². The minimum absolute atomic E-state index is 0.145. The van der Waals surface area contributed by atoms with Crippen molar-refractivity contribution in [2.45, 2.75) is 33.2 Å². The fourth-order valence-electron chi connectivity index (χ4n) is 2.16. The number of hydrogen-bond acceptors (Lipinski definition) is 4. The smallest absolute Gasteiger partial charge is 0.305 e. The van der Waals surface area contributed by atoms with Crippen LogP contribution in [0.5, 0.6) is 0 Å². The zero-order chi connectivity index (χ0) is 13.8. The van der Waals surface area contributed by atoms with Crippen LogP contribution >= 0.6 is 0 Å². The molecule has 0 aliphatic carbocycles. The van der Waals surface area contributed by atoms with Crippen LogP contribution in [-0.2, 0) is 16.1 Å². The Labute approximate surface area is 112 Å². The number of carbonyl (C=O) groups excluding carboxylic acids is 1. The molecule has 2 aromatic rings. The molecule has 1 heterocycles. The van der Waals surface area contributed by atoms with Gasteiger partial charge in [0.25, 0.3) is 0 Å². The fraction of sp³-hybridized carbons (Fsp3) is 0.429. The summed E-state index contributed by atoms with van der Waals surface area (Å²) in [5.74, 6) is 0.790. The van der Waals surface area contributed by atoms with Crippen molar-refractivity contribution >= 4 is 22.7 Å². The summed E-state index contributed by atoms with van der Waals surface area (Å²) in [6.45, 7) is 4.96. The van der Waals surface area contributed by atoms with Crippen molar-refractivity contribution in [2.24, 2.45) is 0 Å². The molecule has 5 nitrogen and oxygen atoms in total. The lowest BCUT2D eigenvalue weighted by Crippen LogP contribution is -2.07. The van der Waals surface area contributed by atoms with Gasteiger partial charge in [-0.1, -0.05) is 0 Å². The van der Waals surface area contributed by atoms with E-state index in [9.17, 15) is 4.79 Å². The van der Waals surface area contributed by atoms with Crippen molar-refractivity contribution in [3.63, 3.8) is 0 Å². The molecule has 1 aromatic heterocycles. The highest BCUT2D eigenvalue weighted by atomic mass is 16.5. The van der Waals surface area contributed by atoms with Crippen LogP contribution in [-0.4, -0.2) is 22.1 Å². The van der Waals surface area contributed by atoms with Crippen LogP contribution in [0.1, 0.15) is 25.6 Å². The molecule has 2 N–H and O–H groups in total. The Morgan fingerprint density at radius 1 is 1.47 bits per heavy atom. The molecule has 102 valence electrons. The monoisotopic (exact) mass is 261 g/mol. The van der Waals surface area contributed by atoms with E-state index in [1.807, 2.05) is 32.0 Å². The number of carbonyl (C=O) groups is 1. The van der Waals surface area contributed by atoms with E-state index in [0.717, 1.165) is 29.8 Å². The number of anilines is 1. The number of nitrogen functional groups attached to an aromatic ring is 1. The molecule has 0 saturated heterocycles. The molecule has 1 aromatic carbocycles. The summed E-state index contributed by atoms with van der Waals surface area (Å²) in [5, 5.41) is 0. The van der Waals surface area contributed by atoms with E-state index in [0.29, 0.717) is 18.7 Å². The van der Waals surface area contributed by atoms with Gasteiger partial charge in [-0.05, 0) is 38.5 Å². The summed E-state index contributed by atoms with van der Waals surface area (Å²) in [4.78, 5) is 15.8. The minimum Gasteiger partial charge on any atom is -0.466 e. The van der Waals surface area contributed by atoms with E-state index in [2.05, 4.69) is 9.55 Å². The Balaban J connectivity index is 2.08. The summed E-state index contributed by atoms with van der Waals surface area (Å²) < 4.78 is 7.02. The molecule has 0 unspecified atom stereocenters. The molecule has 5 heteroatoms. The van der Waals surface area contributed by atoms with Crippen LogP contribution in [0, 0.1) is 6.92 Å². The predicted molar refractivity (Wildman–Crippen MR) is 74.7 cm³/mol. The maximum absolute atomic E-state index is 11.3. The Hall–Kier alpha value is -2.04. The summed E-state index contributed by atoms with van der Waals surface area (Å²) >= 11 is 0. The van der Waals surface area contributed by atoms with Crippen molar-refractivity contribution in [1.29, 1.82) is 0 Å². The van der Waals surface area contributed by atoms with Gasteiger partial charge in [0.1, 0.15) is 5.82 Å². The molecule has 0 aliphatic heterocycles. The molecule has 0 atom stereocenters. The highest BCUT2D eigenvalue weighted by molar-refractivity contribution is 5.79. The molecule has 2 rings (SSSR count). The van der Waals surface area contributed by atoms with Crippen molar-refractivity contribution in [1.82, 2.24) is 9.55 Å². The average Bonchev–Trinajstić information content (AvgIpc) is 2.65. The Kier molecular flexibility index (Phi) is 4.04. The molecule has 0 spiro atoms. The second kappa shape index (κ2) is 5.73. The van der Waals surface area contributed by atoms with Gasteiger partial charge in [0.05, 0.1) is 17.6 Å². The number of aromatic nitrogens is 2. The maximum Gasteiger partial charge on any atom is 0.305 e. The summed E-state index contributed by atoms with van der Waals surface area (Å²) in [5.41, 5.74) is 8.41. The molecule has 0 fully saturated rings. The van der Waals surface area contributed by atoms with Crippen LogP contribution in [0.4, 0.5) is 5.69 Å². The first-order valence-electron chi connectivity index (χ1n) is 6.49. The van der Waals surface area contributed by atoms with Gasteiger partial charge in [0.15, 0.2) is 0 Å². The van der Waals surface area contributed by atoms with Crippen molar-refractivity contribution in [3.8, 4) is 0 Å². The first-order valence-corrected chi connectivity index (χ1v) is 6.49. The van der Waals surface area contributed by atoms with Gasteiger partial charge in [-0.3, -0.25) is 4.79 Å². The molecule has 0 saturated carbocycles. The topological polar surface area (TPSA) is 70.1 Å². The zero-order valence-corrected chi connectivity index (χ0v) is 11.3. The normalized spacial score (nSPS) is 10.8. The SMILES string of the molecule is CCOC(=O)CCCn1c(C)nc2cc(N)ccc21. The number of fused-ring (bicyclic) bond motifs is 1. The number of ether oxygens (including phenoxy) is 1. The van der Waals surface area contributed by atoms with Crippen molar-refractivity contribution in [2.75, 3.05) is 12.3 Å². The summed E-state index contributed by atoms with van der Waals surface area (Å²) in [6.07, 6.45) is 1.18. The molecule has 0 bridgehead atoms.